The molecule has 3 rings (SSSR count). The average molecular weight is 284 g/mol. The van der Waals surface area contributed by atoms with Gasteiger partial charge in [-0.3, -0.25) is 0 Å². The molecule has 3 nitrogen and oxygen atoms in total. The van der Waals surface area contributed by atoms with E-state index >= 15 is 0 Å². The van der Waals surface area contributed by atoms with Crippen LogP contribution in [0.15, 0.2) is 36.4 Å². The summed E-state index contributed by atoms with van der Waals surface area (Å²) in [6.07, 6.45) is 1.01. The summed E-state index contributed by atoms with van der Waals surface area (Å²) < 4.78 is 0. The summed E-state index contributed by atoms with van der Waals surface area (Å²) in [6.45, 7) is 1.90. The van der Waals surface area contributed by atoms with Gasteiger partial charge in [0.2, 0.25) is 0 Å². The maximum absolute atomic E-state index is 8.86. The SMILES string of the molecule is N#Cc1ccc(Nc2cccc3c2CCNC3)c(Cl)c1. The van der Waals surface area contributed by atoms with Gasteiger partial charge in [-0.05, 0) is 48.4 Å². The van der Waals surface area contributed by atoms with E-state index in [4.69, 9.17) is 16.9 Å². The Hall–Kier alpha value is -2.02. The number of halogens is 1. The van der Waals surface area contributed by atoms with Gasteiger partial charge in [0.05, 0.1) is 22.3 Å². The maximum Gasteiger partial charge on any atom is 0.0992 e. The highest BCUT2D eigenvalue weighted by molar-refractivity contribution is 6.33. The van der Waals surface area contributed by atoms with E-state index in [1.165, 1.54) is 11.1 Å². The predicted molar refractivity (Wildman–Crippen MR) is 81.3 cm³/mol. The Morgan fingerprint density at radius 3 is 2.90 bits per heavy atom. The summed E-state index contributed by atoms with van der Waals surface area (Å²) in [5.74, 6) is 0. The van der Waals surface area contributed by atoms with Crippen molar-refractivity contribution in [2.45, 2.75) is 13.0 Å². The van der Waals surface area contributed by atoms with E-state index in [9.17, 15) is 0 Å². The average Bonchev–Trinajstić information content (AvgIpc) is 2.49. The molecular formula is C16H14ClN3. The summed E-state index contributed by atoms with van der Waals surface area (Å²) in [4.78, 5) is 0. The monoisotopic (exact) mass is 283 g/mol. The molecule has 0 radical (unpaired) electrons. The Morgan fingerprint density at radius 1 is 1.20 bits per heavy atom. The van der Waals surface area contributed by atoms with Crippen molar-refractivity contribution in [3.8, 4) is 6.07 Å². The number of hydrogen-bond donors (Lipinski definition) is 2. The van der Waals surface area contributed by atoms with Gasteiger partial charge in [0.25, 0.3) is 0 Å². The fourth-order valence-electron chi connectivity index (χ4n) is 2.48. The Morgan fingerprint density at radius 2 is 2.10 bits per heavy atom. The molecule has 20 heavy (non-hydrogen) atoms. The van der Waals surface area contributed by atoms with E-state index in [1.807, 2.05) is 12.1 Å². The zero-order valence-corrected chi connectivity index (χ0v) is 11.7. The predicted octanol–water partition coefficient (Wildman–Crippen LogP) is 3.60. The van der Waals surface area contributed by atoms with Gasteiger partial charge in [-0.25, -0.2) is 0 Å². The fourth-order valence-corrected chi connectivity index (χ4v) is 2.71. The van der Waals surface area contributed by atoms with Crippen molar-refractivity contribution in [3.05, 3.63) is 58.1 Å². The molecule has 0 saturated heterocycles. The number of hydrogen-bond acceptors (Lipinski definition) is 3. The smallest absolute Gasteiger partial charge is 0.0992 e. The molecule has 1 aliphatic rings. The third-order valence-corrected chi connectivity index (χ3v) is 3.82. The van der Waals surface area contributed by atoms with Gasteiger partial charge in [0.1, 0.15) is 0 Å². The minimum absolute atomic E-state index is 0.565. The Kier molecular flexibility index (Phi) is 3.60. The third-order valence-electron chi connectivity index (χ3n) is 3.51. The van der Waals surface area contributed by atoms with Crippen molar-refractivity contribution in [2.75, 3.05) is 11.9 Å². The molecule has 0 amide bonds. The lowest BCUT2D eigenvalue weighted by atomic mass is 9.99. The summed E-state index contributed by atoms with van der Waals surface area (Å²) in [7, 11) is 0. The van der Waals surface area contributed by atoms with Crippen LogP contribution < -0.4 is 10.6 Å². The van der Waals surface area contributed by atoms with E-state index in [2.05, 4.69) is 28.8 Å². The van der Waals surface area contributed by atoms with Crippen molar-refractivity contribution in [1.82, 2.24) is 5.32 Å². The van der Waals surface area contributed by atoms with Gasteiger partial charge in [0, 0.05) is 12.2 Å². The zero-order valence-electron chi connectivity index (χ0n) is 10.9. The lowest BCUT2D eigenvalue weighted by molar-refractivity contribution is 0.645. The maximum atomic E-state index is 8.86. The van der Waals surface area contributed by atoms with Gasteiger partial charge < -0.3 is 10.6 Å². The molecule has 0 aromatic heterocycles. The Balaban J connectivity index is 1.94. The normalized spacial score (nSPS) is 13.4. The van der Waals surface area contributed by atoms with Crippen molar-refractivity contribution < 1.29 is 0 Å². The van der Waals surface area contributed by atoms with E-state index < -0.39 is 0 Å². The summed E-state index contributed by atoms with van der Waals surface area (Å²) in [5, 5.41) is 16.2. The van der Waals surface area contributed by atoms with Gasteiger partial charge in [-0.15, -0.1) is 0 Å². The first-order valence-electron chi connectivity index (χ1n) is 6.56. The highest BCUT2D eigenvalue weighted by Gasteiger charge is 2.13. The van der Waals surface area contributed by atoms with E-state index in [0.717, 1.165) is 30.9 Å². The van der Waals surface area contributed by atoms with Gasteiger partial charge in [-0.1, -0.05) is 23.7 Å². The summed E-state index contributed by atoms with van der Waals surface area (Å²) >= 11 is 6.22. The first kappa shape index (κ1) is 13.0. The molecule has 1 heterocycles. The number of rotatable bonds is 2. The second kappa shape index (κ2) is 5.54. The summed E-state index contributed by atoms with van der Waals surface area (Å²) in [5.41, 5.74) is 5.16. The Labute approximate surface area is 123 Å². The molecule has 100 valence electrons. The van der Waals surface area contributed by atoms with Crippen LogP contribution in [-0.4, -0.2) is 6.54 Å². The van der Waals surface area contributed by atoms with Gasteiger partial charge in [0.15, 0.2) is 0 Å². The van der Waals surface area contributed by atoms with Crippen LogP contribution in [0.5, 0.6) is 0 Å². The molecule has 0 unspecified atom stereocenters. The topological polar surface area (TPSA) is 47.9 Å². The largest absolute Gasteiger partial charge is 0.354 e. The number of anilines is 2. The molecule has 2 aromatic rings. The fraction of sp³-hybridized carbons (Fsp3) is 0.188. The Bertz CT molecular complexity index is 689. The number of nitrogens with zero attached hydrogens (tertiary/aromatic N) is 1. The van der Waals surface area contributed by atoms with Crippen LogP contribution in [0.3, 0.4) is 0 Å². The molecule has 2 N–H and O–H groups in total. The minimum atomic E-state index is 0.565. The van der Waals surface area contributed by atoms with Crippen molar-refractivity contribution >= 4 is 23.0 Å². The molecule has 2 aromatic carbocycles. The quantitative estimate of drug-likeness (QED) is 0.885. The highest BCUT2D eigenvalue weighted by Crippen LogP contribution is 2.30. The number of fused-ring (bicyclic) bond motifs is 1. The lowest BCUT2D eigenvalue weighted by Gasteiger charge is -2.21. The van der Waals surface area contributed by atoms with Crippen LogP contribution >= 0.6 is 11.6 Å². The number of nitriles is 1. The van der Waals surface area contributed by atoms with E-state index in [1.54, 1.807) is 12.1 Å². The lowest BCUT2D eigenvalue weighted by Crippen LogP contribution is -2.24. The molecule has 1 aliphatic heterocycles. The van der Waals surface area contributed by atoms with Crippen LogP contribution in [0.4, 0.5) is 11.4 Å². The van der Waals surface area contributed by atoms with Crippen molar-refractivity contribution in [1.29, 1.82) is 5.26 Å². The molecule has 4 heteroatoms. The summed E-state index contributed by atoms with van der Waals surface area (Å²) in [6, 6.07) is 13.6. The molecular weight excluding hydrogens is 270 g/mol. The molecule has 0 spiro atoms. The number of benzene rings is 2. The van der Waals surface area contributed by atoms with E-state index in [-0.39, 0.29) is 0 Å². The molecule has 0 atom stereocenters. The van der Waals surface area contributed by atoms with Crippen LogP contribution in [0.25, 0.3) is 0 Å². The van der Waals surface area contributed by atoms with Crippen LogP contribution in [0.1, 0.15) is 16.7 Å². The van der Waals surface area contributed by atoms with Crippen LogP contribution in [0, 0.1) is 11.3 Å². The standard InChI is InChI=1S/C16H14ClN3/c17-14-8-11(9-18)4-5-16(14)20-15-3-1-2-12-10-19-7-6-13(12)15/h1-5,8,19-20H,6-7,10H2. The van der Waals surface area contributed by atoms with Gasteiger partial charge >= 0.3 is 0 Å². The van der Waals surface area contributed by atoms with Crippen LogP contribution in [-0.2, 0) is 13.0 Å². The van der Waals surface area contributed by atoms with E-state index in [0.29, 0.717) is 10.6 Å². The second-order valence-corrected chi connectivity index (χ2v) is 5.21. The van der Waals surface area contributed by atoms with Crippen molar-refractivity contribution in [2.24, 2.45) is 0 Å². The molecule has 0 aliphatic carbocycles. The van der Waals surface area contributed by atoms with Gasteiger partial charge in [-0.2, -0.15) is 5.26 Å². The number of nitrogens with one attached hydrogen (secondary N) is 2. The molecule has 0 bridgehead atoms. The third kappa shape index (κ3) is 2.49. The second-order valence-electron chi connectivity index (χ2n) is 4.80. The van der Waals surface area contributed by atoms with Crippen molar-refractivity contribution in [3.63, 3.8) is 0 Å². The molecule has 0 fully saturated rings. The first-order chi connectivity index (χ1) is 9.78. The minimum Gasteiger partial charge on any atom is -0.354 e. The zero-order chi connectivity index (χ0) is 13.9. The highest BCUT2D eigenvalue weighted by atomic mass is 35.5. The molecule has 0 saturated carbocycles. The first-order valence-corrected chi connectivity index (χ1v) is 6.94. The van der Waals surface area contributed by atoms with Crippen LogP contribution in [0.2, 0.25) is 5.02 Å².